The number of carbonyl (C=O) groups is 1. The number of benzene rings is 3. The van der Waals surface area contributed by atoms with E-state index in [4.69, 9.17) is 11.6 Å². The van der Waals surface area contributed by atoms with Gasteiger partial charge in [-0.05, 0) is 53.9 Å². The van der Waals surface area contributed by atoms with Crippen molar-refractivity contribution in [1.29, 1.82) is 0 Å². The van der Waals surface area contributed by atoms with Gasteiger partial charge in [-0.2, -0.15) is 5.10 Å². The molecule has 0 saturated carbocycles. The second kappa shape index (κ2) is 8.05. The van der Waals surface area contributed by atoms with E-state index in [0.717, 1.165) is 0 Å². The van der Waals surface area contributed by atoms with E-state index >= 15 is 0 Å². The largest absolute Gasteiger partial charge is 0.352 e. The predicted molar refractivity (Wildman–Crippen MR) is 113 cm³/mol. The van der Waals surface area contributed by atoms with Gasteiger partial charge < -0.3 is 5.32 Å². The van der Waals surface area contributed by atoms with Crippen molar-refractivity contribution < 1.29 is 9.18 Å². The van der Waals surface area contributed by atoms with Crippen molar-refractivity contribution in [1.82, 2.24) is 15.1 Å². The summed E-state index contributed by atoms with van der Waals surface area (Å²) < 4.78 is 14.6. The Labute approximate surface area is 172 Å². The molecule has 4 rings (SSSR count). The molecule has 0 aliphatic rings. The number of fused-ring (bicyclic) bond motifs is 1. The third kappa shape index (κ3) is 3.87. The third-order valence-corrected chi connectivity index (χ3v) is 5.21. The summed E-state index contributed by atoms with van der Waals surface area (Å²) in [4.78, 5) is 12.7. The van der Waals surface area contributed by atoms with Crippen LogP contribution in [0, 0.1) is 12.7 Å². The lowest BCUT2D eigenvalue weighted by Crippen LogP contribution is -2.26. The van der Waals surface area contributed by atoms with Crippen LogP contribution in [0.5, 0.6) is 0 Å². The molecule has 0 unspecified atom stereocenters. The summed E-state index contributed by atoms with van der Waals surface area (Å²) in [6, 6.07) is 20.1. The van der Waals surface area contributed by atoms with Gasteiger partial charge in [-0.3, -0.25) is 4.79 Å². The van der Waals surface area contributed by atoms with Crippen LogP contribution in [-0.4, -0.2) is 22.2 Å². The summed E-state index contributed by atoms with van der Waals surface area (Å²) in [5.41, 5.74) is 2.61. The van der Waals surface area contributed by atoms with Gasteiger partial charge in [-0.25, -0.2) is 9.07 Å². The molecule has 0 bridgehead atoms. The summed E-state index contributed by atoms with van der Waals surface area (Å²) in [5, 5.41) is 9.84. The number of nitrogens with zero attached hydrogens (tertiary/aromatic N) is 2. The zero-order valence-corrected chi connectivity index (χ0v) is 16.6. The number of nitrogens with one attached hydrogen (secondary N) is 1. The molecule has 0 atom stereocenters. The maximum atomic E-state index is 13.2. The summed E-state index contributed by atoms with van der Waals surface area (Å²) in [5.74, 6) is -0.624. The Balaban J connectivity index is 1.49. The van der Waals surface area contributed by atoms with Crippen LogP contribution in [-0.2, 0) is 6.42 Å². The van der Waals surface area contributed by atoms with Crippen molar-refractivity contribution in [3.05, 3.63) is 94.5 Å². The van der Waals surface area contributed by atoms with E-state index in [1.54, 1.807) is 19.1 Å². The summed E-state index contributed by atoms with van der Waals surface area (Å²) >= 11 is 6.42. The van der Waals surface area contributed by atoms with Crippen molar-refractivity contribution in [2.24, 2.45) is 0 Å². The Morgan fingerprint density at radius 1 is 1.07 bits per heavy atom. The standard InChI is InChI=1S/C23H19ClFN3O/c1-15-21(22(24)28(27-15)19-11-9-18(25)10-12-19)23(29)26-14-13-17-7-4-6-16-5-2-3-8-20(16)17/h2-12H,13-14H2,1H3,(H,26,29). The number of hydrogen-bond donors (Lipinski definition) is 1. The van der Waals surface area contributed by atoms with Crippen molar-refractivity contribution >= 4 is 28.3 Å². The maximum Gasteiger partial charge on any atom is 0.256 e. The number of halogens is 2. The predicted octanol–water partition coefficient (Wildman–Crippen LogP) is 5.10. The first kappa shape index (κ1) is 19.2. The van der Waals surface area contributed by atoms with E-state index in [0.29, 0.717) is 29.9 Å². The number of aryl methyl sites for hydroxylation is 1. The van der Waals surface area contributed by atoms with Crippen LogP contribution in [0.1, 0.15) is 21.6 Å². The molecule has 1 N–H and O–H groups in total. The fourth-order valence-corrected chi connectivity index (χ4v) is 3.78. The second-order valence-electron chi connectivity index (χ2n) is 6.78. The minimum atomic E-state index is -0.347. The molecular formula is C23H19ClFN3O. The zero-order valence-electron chi connectivity index (χ0n) is 15.8. The zero-order chi connectivity index (χ0) is 20.4. The van der Waals surface area contributed by atoms with Crippen molar-refractivity contribution in [3.63, 3.8) is 0 Å². The van der Waals surface area contributed by atoms with Gasteiger partial charge in [-0.1, -0.05) is 54.1 Å². The van der Waals surface area contributed by atoms with Crippen LogP contribution in [0.4, 0.5) is 4.39 Å². The molecule has 0 saturated heterocycles. The second-order valence-corrected chi connectivity index (χ2v) is 7.14. The number of amides is 1. The molecule has 0 aliphatic heterocycles. The van der Waals surface area contributed by atoms with Crippen LogP contribution in [0.2, 0.25) is 5.15 Å². The Morgan fingerprint density at radius 3 is 2.59 bits per heavy atom. The average molecular weight is 408 g/mol. The molecule has 3 aromatic carbocycles. The van der Waals surface area contributed by atoms with Crippen molar-refractivity contribution in [3.8, 4) is 5.69 Å². The highest BCUT2D eigenvalue weighted by atomic mass is 35.5. The quantitative estimate of drug-likeness (QED) is 0.500. The van der Waals surface area contributed by atoms with Gasteiger partial charge in [0.05, 0.1) is 16.9 Å². The van der Waals surface area contributed by atoms with Crippen LogP contribution in [0.15, 0.2) is 66.7 Å². The number of carbonyl (C=O) groups excluding carboxylic acids is 1. The lowest BCUT2D eigenvalue weighted by atomic mass is 10.0. The first-order valence-electron chi connectivity index (χ1n) is 9.30. The third-order valence-electron chi connectivity index (χ3n) is 4.86. The van der Waals surface area contributed by atoms with E-state index < -0.39 is 0 Å². The maximum absolute atomic E-state index is 13.2. The van der Waals surface area contributed by atoms with E-state index in [1.165, 1.54) is 33.2 Å². The first-order valence-corrected chi connectivity index (χ1v) is 9.68. The molecule has 1 amide bonds. The van der Waals surface area contributed by atoms with Crippen LogP contribution < -0.4 is 5.32 Å². The van der Waals surface area contributed by atoms with Gasteiger partial charge in [0.25, 0.3) is 5.91 Å². The topological polar surface area (TPSA) is 46.9 Å². The number of rotatable bonds is 5. The lowest BCUT2D eigenvalue weighted by molar-refractivity contribution is 0.0953. The fraction of sp³-hybridized carbons (Fsp3) is 0.130. The molecule has 6 heteroatoms. The van der Waals surface area contributed by atoms with Gasteiger partial charge in [0.1, 0.15) is 11.0 Å². The summed E-state index contributed by atoms with van der Waals surface area (Å²) in [7, 11) is 0. The molecule has 1 heterocycles. The van der Waals surface area contributed by atoms with E-state index in [-0.39, 0.29) is 16.9 Å². The average Bonchev–Trinajstić information content (AvgIpc) is 3.03. The van der Waals surface area contributed by atoms with Gasteiger partial charge in [-0.15, -0.1) is 0 Å². The highest BCUT2D eigenvalue weighted by Gasteiger charge is 2.21. The van der Waals surface area contributed by atoms with Crippen molar-refractivity contribution in [2.75, 3.05) is 6.54 Å². The highest BCUT2D eigenvalue weighted by Crippen LogP contribution is 2.24. The first-order chi connectivity index (χ1) is 14.0. The smallest absolute Gasteiger partial charge is 0.256 e. The van der Waals surface area contributed by atoms with Gasteiger partial charge in [0.15, 0.2) is 0 Å². The molecule has 4 aromatic rings. The molecule has 1 aromatic heterocycles. The Hall–Kier alpha value is -3.18. The fourth-order valence-electron chi connectivity index (χ4n) is 3.42. The van der Waals surface area contributed by atoms with Crippen LogP contribution in [0.3, 0.4) is 0 Å². The highest BCUT2D eigenvalue weighted by molar-refractivity contribution is 6.33. The van der Waals surface area contributed by atoms with Gasteiger partial charge in [0, 0.05) is 6.54 Å². The van der Waals surface area contributed by atoms with Gasteiger partial charge in [0.2, 0.25) is 0 Å². The van der Waals surface area contributed by atoms with E-state index in [1.807, 2.05) is 18.2 Å². The molecule has 0 aliphatic carbocycles. The normalized spacial score (nSPS) is 11.0. The molecular weight excluding hydrogens is 389 g/mol. The Bertz CT molecular complexity index is 1180. The molecule has 146 valence electrons. The SMILES string of the molecule is Cc1nn(-c2ccc(F)cc2)c(Cl)c1C(=O)NCCc1cccc2ccccc12. The van der Waals surface area contributed by atoms with Crippen molar-refractivity contribution in [2.45, 2.75) is 13.3 Å². The molecule has 0 radical (unpaired) electrons. The lowest BCUT2D eigenvalue weighted by Gasteiger charge is -2.08. The summed E-state index contributed by atoms with van der Waals surface area (Å²) in [6.07, 6.45) is 0.704. The molecule has 4 nitrogen and oxygen atoms in total. The monoisotopic (exact) mass is 407 g/mol. The minimum absolute atomic E-state index is 0.205. The molecule has 29 heavy (non-hydrogen) atoms. The Kier molecular flexibility index (Phi) is 5.32. The van der Waals surface area contributed by atoms with Crippen LogP contribution >= 0.6 is 11.6 Å². The molecule has 0 spiro atoms. The van der Waals surface area contributed by atoms with Gasteiger partial charge >= 0.3 is 0 Å². The molecule has 0 fully saturated rings. The van der Waals surface area contributed by atoms with E-state index in [2.05, 4.69) is 34.7 Å². The summed E-state index contributed by atoms with van der Waals surface area (Å²) in [6.45, 7) is 2.20. The minimum Gasteiger partial charge on any atom is -0.352 e. The Morgan fingerprint density at radius 2 is 1.79 bits per heavy atom. The number of hydrogen-bond acceptors (Lipinski definition) is 2. The van der Waals surface area contributed by atoms with E-state index in [9.17, 15) is 9.18 Å². The van der Waals surface area contributed by atoms with Crippen LogP contribution in [0.25, 0.3) is 16.5 Å². The number of aromatic nitrogens is 2.